The number of hydrogen-bond acceptors (Lipinski definition) is 3. The fraction of sp³-hybridized carbons (Fsp3) is 0.130. The van der Waals surface area contributed by atoms with Crippen LogP contribution in [0.15, 0.2) is 72.8 Å². The molecule has 0 fully saturated rings. The van der Waals surface area contributed by atoms with Crippen LogP contribution in [0.1, 0.15) is 23.7 Å². The van der Waals surface area contributed by atoms with Gasteiger partial charge in [0.2, 0.25) is 0 Å². The molecule has 5 nitrogen and oxygen atoms in total. The fourth-order valence-electron chi connectivity index (χ4n) is 2.98. The van der Waals surface area contributed by atoms with Crippen LogP contribution in [-0.2, 0) is 0 Å². The number of H-pyrrole nitrogens is 1. The predicted molar refractivity (Wildman–Crippen MR) is 112 cm³/mol. The fourth-order valence-corrected chi connectivity index (χ4v) is 2.98. The second kappa shape index (κ2) is 7.96. The van der Waals surface area contributed by atoms with E-state index in [1.54, 1.807) is 12.1 Å². The number of aromatic amines is 1. The van der Waals surface area contributed by atoms with E-state index < -0.39 is 0 Å². The molecule has 4 aromatic rings. The third kappa shape index (κ3) is 3.88. The van der Waals surface area contributed by atoms with E-state index in [4.69, 9.17) is 4.74 Å². The highest BCUT2D eigenvalue weighted by Gasteiger charge is 2.10. The number of benzene rings is 3. The van der Waals surface area contributed by atoms with Gasteiger partial charge in [-0.15, -0.1) is 0 Å². The lowest BCUT2D eigenvalue weighted by molar-refractivity contribution is 0.102. The molecule has 1 amide bonds. The Hall–Kier alpha value is -3.60. The zero-order valence-electron chi connectivity index (χ0n) is 15.6. The Labute approximate surface area is 163 Å². The first-order chi connectivity index (χ1) is 13.7. The topological polar surface area (TPSA) is 67.0 Å². The molecule has 0 bridgehead atoms. The first kappa shape index (κ1) is 17.8. The van der Waals surface area contributed by atoms with Crippen LogP contribution in [0.2, 0.25) is 0 Å². The number of ether oxygens (including phenoxy) is 1. The first-order valence-electron chi connectivity index (χ1n) is 9.32. The third-order valence-corrected chi connectivity index (χ3v) is 4.35. The minimum atomic E-state index is -0.177. The molecule has 0 atom stereocenters. The number of rotatable bonds is 6. The van der Waals surface area contributed by atoms with Gasteiger partial charge in [0.15, 0.2) is 0 Å². The zero-order valence-corrected chi connectivity index (χ0v) is 15.6. The second-order valence-corrected chi connectivity index (χ2v) is 6.51. The van der Waals surface area contributed by atoms with Crippen molar-refractivity contribution in [1.82, 2.24) is 9.97 Å². The van der Waals surface area contributed by atoms with Gasteiger partial charge in [-0.05, 0) is 48.9 Å². The highest BCUT2D eigenvalue weighted by molar-refractivity contribution is 6.04. The van der Waals surface area contributed by atoms with Gasteiger partial charge >= 0.3 is 0 Å². The molecular weight excluding hydrogens is 350 g/mol. The number of carbonyl (C=O) groups excluding carboxylic acids is 1. The molecule has 0 saturated carbocycles. The van der Waals surface area contributed by atoms with Gasteiger partial charge in [-0.1, -0.05) is 37.3 Å². The molecule has 0 radical (unpaired) electrons. The Balaban J connectivity index is 1.54. The van der Waals surface area contributed by atoms with Crippen LogP contribution in [0.5, 0.6) is 5.75 Å². The van der Waals surface area contributed by atoms with E-state index in [1.807, 2.05) is 67.6 Å². The molecule has 4 rings (SSSR count). The molecule has 3 aromatic carbocycles. The number of aromatic nitrogens is 2. The summed E-state index contributed by atoms with van der Waals surface area (Å²) < 4.78 is 5.61. The van der Waals surface area contributed by atoms with Crippen LogP contribution in [0.3, 0.4) is 0 Å². The van der Waals surface area contributed by atoms with Crippen LogP contribution in [0.4, 0.5) is 5.69 Å². The summed E-state index contributed by atoms with van der Waals surface area (Å²) >= 11 is 0. The number of imidazole rings is 1. The Bertz CT molecular complexity index is 1080. The summed E-state index contributed by atoms with van der Waals surface area (Å²) in [5, 5.41) is 2.95. The first-order valence-corrected chi connectivity index (χ1v) is 9.32. The molecule has 0 aliphatic rings. The maximum atomic E-state index is 12.6. The normalized spacial score (nSPS) is 10.8. The average molecular weight is 371 g/mol. The number of carbonyl (C=O) groups is 1. The van der Waals surface area contributed by atoms with E-state index in [0.29, 0.717) is 23.6 Å². The summed E-state index contributed by atoms with van der Waals surface area (Å²) in [5.41, 5.74) is 4.08. The van der Waals surface area contributed by atoms with E-state index in [-0.39, 0.29) is 5.91 Å². The summed E-state index contributed by atoms with van der Waals surface area (Å²) in [6.07, 6.45) is 0.922. The van der Waals surface area contributed by atoms with E-state index >= 15 is 0 Å². The number of fused-ring (bicyclic) bond motifs is 1. The smallest absolute Gasteiger partial charge is 0.255 e. The molecule has 1 heterocycles. The lowest BCUT2D eigenvalue weighted by atomic mass is 10.1. The standard InChI is InChI=1S/C23H21N3O2/c1-2-13-28-19-10-6-8-17(15-19)23(27)24-18-9-5-7-16(14-18)22-25-20-11-3-4-12-21(20)26-22/h3-12,14-15H,2,13H2,1H3,(H,24,27)(H,25,26). The minimum Gasteiger partial charge on any atom is -0.494 e. The van der Waals surface area contributed by atoms with Gasteiger partial charge in [0.25, 0.3) is 5.91 Å². The maximum absolute atomic E-state index is 12.6. The Morgan fingerprint density at radius 2 is 1.89 bits per heavy atom. The number of hydrogen-bond donors (Lipinski definition) is 2. The molecule has 5 heteroatoms. The number of anilines is 1. The lowest BCUT2D eigenvalue weighted by Gasteiger charge is -2.09. The monoisotopic (exact) mass is 371 g/mol. The van der Waals surface area contributed by atoms with Crippen LogP contribution < -0.4 is 10.1 Å². The summed E-state index contributed by atoms with van der Waals surface area (Å²) in [6, 6.07) is 22.7. The molecule has 0 aliphatic carbocycles. The van der Waals surface area contributed by atoms with Crippen molar-refractivity contribution < 1.29 is 9.53 Å². The molecule has 2 N–H and O–H groups in total. The maximum Gasteiger partial charge on any atom is 0.255 e. The highest BCUT2D eigenvalue weighted by atomic mass is 16.5. The molecule has 1 aromatic heterocycles. The third-order valence-electron chi connectivity index (χ3n) is 4.35. The Morgan fingerprint density at radius 1 is 1.04 bits per heavy atom. The van der Waals surface area contributed by atoms with E-state index in [0.717, 1.165) is 28.8 Å². The van der Waals surface area contributed by atoms with E-state index in [1.165, 1.54) is 0 Å². The van der Waals surface area contributed by atoms with Gasteiger partial charge in [-0.25, -0.2) is 4.98 Å². The molecule has 0 aliphatic heterocycles. The van der Waals surface area contributed by atoms with Crippen LogP contribution >= 0.6 is 0 Å². The largest absolute Gasteiger partial charge is 0.494 e. The van der Waals surface area contributed by atoms with Crippen molar-refractivity contribution in [3.05, 3.63) is 78.4 Å². The predicted octanol–water partition coefficient (Wildman–Crippen LogP) is 5.27. The van der Waals surface area contributed by atoms with Crippen molar-refractivity contribution in [2.75, 3.05) is 11.9 Å². The van der Waals surface area contributed by atoms with Gasteiger partial charge in [-0.2, -0.15) is 0 Å². The summed E-state index contributed by atoms with van der Waals surface area (Å²) in [4.78, 5) is 20.6. The quantitative estimate of drug-likeness (QED) is 0.485. The van der Waals surface area contributed by atoms with Gasteiger partial charge in [-0.3, -0.25) is 4.79 Å². The summed E-state index contributed by atoms with van der Waals surface area (Å²) in [7, 11) is 0. The van der Waals surface area contributed by atoms with Crippen LogP contribution in [0.25, 0.3) is 22.4 Å². The number of nitrogens with zero attached hydrogens (tertiary/aromatic N) is 1. The van der Waals surface area contributed by atoms with Crippen molar-refractivity contribution in [3.8, 4) is 17.1 Å². The van der Waals surface area contributed by atoms with E-state index in [2.05, 4.69) is 15.3 Å². The Morgan fingerprint density at radius 3 is 2.75 bits per heavy atom. The van der Waals surface area contributed by atoms with Crippen molar-refractivity contribution >= 4 is 22.6 Å². The number of amides is 1. The number of nitrogens with one attached hydrogen (secondary N) is 2. The molecule has 140 valence electrons. The van der Waals surface area contributed by atoms with Crippen molar-refractivity contribution in [2.24, 2.45) is 0 Å². The zero-order chi connectivity index (χ0) is 19.3. The average Bonchev–Trinajstić information content (AvgIpc) is 3.17. The Kier molecular flexibility index (Phi) is 5.06. The molecule has 0 spiro atoms. The molecule has 0 unspecified atom stereocenters. The van der Waals surface area contributed by atoms with Crippen molar-refractivity contribution in [3.63, 3.8) is 0 Å². The van der Waals surface area contributed by atoms with E-state index in [9.17, 15) is 4.79 Å². The lowest BCUT2D eigenvalue weighted by Crippen LogP contribution is -2.12. The summed E-state index contributed by atoms with van der Waals surface area (Å²) in [6.45, 7) is 2.68. The van der Waals surface area contributed by atoms with Crippen molar-refractivity contribution in [1.29, 1.82) is 0 Å². The van der Waals surface area contributed by atoms with Gasteiger partial charge < -0.3 is 15.0 Å². The van der Waals surface area contributed by atoms with Crippen molar-refractivity contribution in [2.45, 2.75) is 13.3 Å². The summed E-state index contributed by atoms with van der Waals surface area (Å²) in [5.74, 6) is 1.29. The van der Waals surface area contributed by atoms with Gasteiger partial charge in [0.1, 0.15) is 11.6 Å². The van der Waals surface area contributed by atoms with Crippen LogP contribution in [0, 0.1) is 0 Å². The molecular formula is C23H21N3O2. The van der Waals surface area contributed by atoms with Gasteiger partial charge in [0, 0.05) is 16.8 Å². The molecule has 28 heavy (non-hydrogen) atoms. The second-order valence-electron chi connectivity index (χ2n) is 6.51. The minimum absolute atomic E-state index is 0.177. The van der Waals surface area contributed by atoms with Crippen LogP contribution in [-0.4, -0.2) is 22.5 Å². The SMILES string of the molecule is CCCOc1cccc(C(=O)Nc2cccc(-c3nc4ccccc4[nH]3)c2)c1. The molecule has 0 saturated heterocycles. The van der Waals surface area contributed by atoms with Gasteiger partial charge in [0.05, 0.1) is 17.6 Å². The number of para-hydroxylation sites is 2. The highest BCUT2D eigenvalue weighted by Crippen LogP contribution is 2.23.